The van der Waals surface area contributed by atoms with E-state index in [1.54, 1.807) is 4.90 Å². The molecule has 2 unspecified atom stereocenters. The van der Waals surface area contributed by atoms with Crippen LogP contribution in [-0.4, -0.2) is 59.8 Å². The van der Waals surface area contributed by atoms with Gasteiger partial charge in [-0.3, -0.25) is 4.90 Å². The normalized spacial score (nSPS) is 29.9. The minimum absolute atomic E-state index is 0.0515. The number of amides is 1. The number of nitrogens with zero attached hydrogens (tertiary/aromatic N) is 2. The highest BCUT2D eigenvalue weighted by Crippen LogP contribution is 2.21. The van der Waals surface area contributed by atoms with Crippen LogP contribution in [0.15, 0.2) is 0 Å². The van der Waals surface area contributed by atoms with Crippen LogP contribution in [0.3, 0.4) is 0 Å². The van der Waals surface area contributed by atoms with Gasteiger partial charge in [0.25, 0.3) is 0 Å². The van der Waals surface area contributed by atoms with Gasteiger partial charge >= 0.3 is 6.09 Å². The molecule has 5 nitrogen and oxygen atoms in total. The van der Waals surface area contributed by atoms with Gasteiger partial charge < -0.3 is 15.4 Å². The third kappa shape index (κ3) is 3.14. The van der Waals surface area contributed by atoms with Crippen LogP contribution in [0, 0.1) is 0 Å². The molecule has 2 saturated heterocycles. The van der Waals surface area contributed by atoms with Gasteiger partial charge in [-0.15, -0.1) is 0 Å². The fourth-order valence-electron chi connectivity index (χ4n) is 2.75. The second-order valence-electron chi connectivity index (χ2n) is 6.36. The Labute approximate surface area is 109 Å². The van der Waals surface area contributed by atoms with E-state index in [0.717, 1.165) is 13.1 Å². The highest BCUT2D eigenvalue weighted by atomic mass is 16.6. The molecule has 1 amide bonds. The van der Waals surface area contributed by atoms with Crippen LogP contribution in [-0.2, 0) is 4.74 Å². The zero-order chi connectivity index (χ0) is 13.3. The van der Waals surface area contributed by atoms with Gasteiger partial charge in [-0.25, -0.2) is 4.79 Å². The first kappa shape index (κ1) is 13.6. The molecule has 0 aromatic carbocycles. The SMILES string of the molecule is CC(C)(C)OC(=O)N1CC(N)C(N2CCCC2)C1. The van der Waals surface area contributed by atoms with Crippen LogP contribution in [0.4, 0.5) is 4.79 Å². The summed E-state index contributed by atoms with van der Waals surface area (Å²) >= 11 is 0. The van der Waals surface area contributed by atoms with E-state index >= 15 is 0 Å². The summed E-state index contributed by atoms with van der Waals surface area (Å²) in [6.07, 6.45) is 2.25. The van der Waals surface area contributed by atoms with Gasteiger partial charge in [0.2, 0.25) is 0 Å². The molecule has 2 heterocycles. The molecule has 0 spiro atoms. The Kier molecular flexibility index (Phi) is 3.82. The molecule has 2 aliphatic heterocycles. The van der Waals surface area contributed by atoms with Gasteiger partial charge in [0.1, 0.15) is 5.60 Å². The van der Waals surface area contributed by atoms with E-state index in [1.807, 2.05) is 20.8 Å². The van der Waals surface area contributed by atoms with Gasteiger partial charge in [0, 0.05) is 25.2 Å². The van der Waals surface area contributed by atoms with E-state index in [-0.39, 0.29) is 12.1 Å². The van der Waals surface area contributed by atoms with Crippen molar-refractivity contribution in [1.82, 2.24) is 9.80 Å². The van der Waals surface area contributed by atoms with Crippen LogP contribution in [0.25, 0.3) is 0 Å². The number of hydrogen-bond donors (Lipinski definition) is 1. The van der Waals surface area contributed by atoms with Crippen LogP contribution in [0.5, 0.6) is 0 Å². The molecule has 0 aliphatic carbocycles. The number of ether oxygens (including phenoxy) is 1. The fourth-order valence-corrected chi connectivity index (χ4v) is 2.75. The molecule has 0 radical (unpaired) electrons. The zero-order valence-electron chi connectivity index (χ0n) is 11.7. The lowest BCUT2D eigenvalue weighted by Gasteiger charge is -2.26. The summed E-state index contributed by atoms with van der Waals surface area (Å²) in [5.74, 6) is 0. The maximum absolute atomic E-state index is 12.0. The first-order valence-electron chi connectivity index (χ1n) is 6.84. The first-order valence-corrected chi connectivity index (χ1v) is 6.84. The molecular formula is C13H25N3O2. The van der Waals surface area contributed by atoms with Gasteiger partial charge in [-0.05, 0) is 46.7 Å². The first-order chi connectivity index (χ1) is 8.37. The second kappa shape index (κ2) is 5.05. The Hall–Kier alpha value is -0.810. The molecule has 2 fully saturated rings. The van der Waals surface area contributed by atoms with E-state index in [2.05, 4.69) is 4.90 Å². The standard InChI is InChI=1S/C13H25N3O2/c1-13(2,3)18-12(17)16-8-10(14)11(9-16)15-6-4-5-7-15/h10-11H,4-9,14H2,1-3H3. The minimum Gasteiger partial charge on any atom is -0.444 e. The largest absolute Gasteiger partial charge is 0.444 e. The van der Waals surface area contributed by atoms with Crippen molar-refractivity contribution in [3.05, 3.63) is 0 Å². The van der Waals surface area contributed by atoms with Crippen molar-refractivity contribution in [2.75, 3.05) is 26.2 Å². The molecule has 0 saturated carbocycles. The summed E-state index contributed by atoms with van der Waals surface area (Å²) in [7, 11) is 0. The van der Waals surface area contributed by atoms with Gasteiger partial charge in [-0.1, -0.05) is 0 Å². The molecule has 0 aromatic rings. The van der Waals surface area contributed by atoms with Crippen molar-refractivity contribution in [1.29, 1.82) is 0 Å². The lowest BCUT2D eigenvalue weighted by molar-refractivity contribution is 0.0281. The lowest BCUT2D eigenvalue weighted by Crippen LogP contribution is -2.45. The van der Waals surface area contributed by atoms with Crippen molar-refractivity contribution in [3.8, 4) is 0 Å². The minimum atomic E-state index is -0.438. The zero-order valence-corrected chi connectivity index (χ0v) is 11.7. The summed E-state index contributed by atoms with van der Waals surface area (Å²) in [5, 5.41) is 0. The molecule has 0 aromatic heterocycles. The van der Waals surface area contributed by atoms with Crippen LogP contribution in [0.1, 0.15) is 33.6 Å². The van der Waals surface area contributed by atoms with Crippen molar-refractivity contribution in [3.63, 3.8) is 0 Å². The summed E-state index contributed by atoms with van der Waals surface area (Å²) in [4.78, 5) is 16.2. The molecule has 18 heavy (non-hydrogen) atoms. The van der Waals surface area contributed by atoms with E-state index in [0.29, 0.717) is 19.1 Å². The average Bonchev–Trinajstić information content (AvgIpc) is 2.82. The molecule has 0 bridgehead atoms. The summed E-state index contributed by atoms with van der Waals surface area (Å²) < 4.78 is 5.39. The summed E-state index contributed by atoms with van der Waals surface area (Å²) in [6, 6.07) is 0.357. The van der Waals surface area contributed by atoms with Crippen molar-refractivity contribution >= 4 is 6.09 Å². The summed E-state index contributed by atoms with van der Waals surface area (Å²) in [6.45, 7) is 9.20. The molecule has 2 aliphatic rings. The number of carbonyl (C=O) groups excluding carboxylic acids is 1. The van der Waals surface area contributed by atoms with Crippen LogP contribution < -0.4 is 5.73 Å². The Morgan fingerprint density at radius 2 is 1.83 bits per heavy atom. The van der Waals surface area contributed by atoms with Crippen LogP contribution in [0.2, 0.25) is 0 Å². The van der Waals surface area contributed by atoms with Crippen LogP contribution >= 0.6 is 0 Å². The molecular weight excluding hydrogens is 230 g/mol. The predicted molar refractivity (Wildman–Crippen MR) is 70.4 cm³/mol. The van der Waals surface area contributed by atoms with Crippen molar-refractivity contribution < 1.29 is 9.53 Å². The molecule has 104 valence electrons. The van der Waals surface area contributed by atoms with Crippen molar-refractivity contribution in [2.24, 2.45) is 5.73 Å². The highest BCUT2D eigenvalue weighted by molar-refractivity contribution is 5.68. The predicted octanol–water partition coefficient (Wildman–Crippen LogP) is 1.03. The monoisotopic (exact) mass is 255 g/mol. The number of nitrogens with two attached hydrogens (primary N) is 1. The van der Waals surface area contributed by atoms with E-state index in [1.165, 1.54) is 12.8 Å². The maximum atomic E-state index is 12.0. The molecule has 2 atom stereocenters. The fraction of sp³-hybridized carbons (Fsp3) is 0.923. The number of hydrogen-bond acceptors (Lipinski definition) is 4. The number of likely N-dealkylation sites (tertiary alicyclic amines) is 2. The van der Waals surface area contributed by atoms with Crippen molar-refractivity contribution in [2.45, 2.75) is 51.3 Å². The molecule has 2 rings (SSSR count). The molecule has 5 heteroatoms. The topological polar surface area (TPSA) is 58.8 Å². The third-order valence-corrected chi connectivity index (χ3v) is 3.59. The Bertz CT molecular complexity index is 308. The summed E-state index contributed by atoms with van der Waals surface area (Å²) in [5.41, 5.74) is 5.72. The van der Waals surface area contributed by atoms with Gasteiger partial charge in [-0.2, -0.15) is 0 Å². The Morgan fingerprint density at radius 3 is 2.39 bits per heavy atom. The third-order valence-electron chi connectivity index (χ3n) is 3.59. The van der Waals surface area contributed by atoms with E-state index < -0.39 is 5.60 Å². The maximum Gasteiger partial charge on any atom is 0.410 e. The quantitative estimate of drug-likeness (QED) is 0.760. The van der Waals surface area contributed by atoms with Gasteiger partial charge in [0.15, 0.2) is 0 Å². The average molecular weight is 255 g/mol. The van der Waals surface area contributed by atoms with E-state index in [9.17, 15) is 4.79 Å². The smallest absolute Gasteiger partial charge is 0.410 e. The Morgan fingerprint density at radius 1 is 1.22 bits per heavy atom. The van der Waals surface area contributed by atoms with E-state index in [4.69, 9.17) is 10.5 Å². The Balaban J connectivity index is 1.91. The number of rotatable bonds is 1. The second-order valence-corrected chi connectivity index (χ2v) is 6.36. The highest BCUT2D eigenvalue weighted by Gasteiger charge is 2.38. The van der Waals surface area contributed by atoms with Gasteiger partial charge in [0.05, 0.1) is 0 Å². The molecule has 2 N–H and O–H groups in total. The number of carbonyl (C=O) groups is 1. The lowest BCUT2D eigenvalue weighted by atomic mass is 10.1.